The highest BCUT2D eigenvalue weighted by atomic mass is 32.2. The topological polar surface area (TPSA) is 418 Å². The second-order valence-electron chi connectivity index (χ2n) is 34.8. The fourth-order valence-electron chi connectivity index (χ4n) is 19.0. The van der Waals surface area contributed by atoms with Crippen molar-refractivity contribution in [2.45, 2.75) is 226 Å². The van der Waals surface area contributed by atoms with Crippen molar-refractivity contribution in [3.05, 3.63) is 251 Å². The van der Waals surface area contributed by atoms with Gasteiger partial charge in [-0.1, -0.05) is 155 Å². The van der Waals surface area contributed by atoms with E-state index < -0.39 is 130 Å². The molecule has 125 heavy (non-hydrogen) atoms. The van der Waals surface area contributed by atoms with E-state index in [-0.39, 0.29) is 66.5 Å². The monoisotopic (exact) mass is 1800 g/mol. The molecule has 0 unspecified atom stereocenters. The Balaban J connectivity index is 0.000000206. The summed E-state index contributed by atoms with van der Waals surface area (Å²) in [4.78, 5) is 39.1. The number of nitro benzene ring substituents is 3. The summed E-state index contributed by atoms with van der Waals surface area (Å²) in [5, 5.41) is 81.2. The molecule has 8 aromatic carbocycles. The standard InChI is InChI=1S/2C24H32N2O5S.C24H34N2O3S.C22H26FNO5S.H3N/c2*1-5-7-13-24(6-2)16-32(30,31)21-12-11-18(25(3)4)15-20(21)22(23(24)27)17-9-8-10-19(14-17)26(28)29;1-5-7-13-24(6-2)16-30(28,29)21-12-11-19(26(3)4)15-20(21)22(23(24)27)17-9-8-10-18(25)14-17;1-3-5-11-22(4-2)14-30(28,29)19-10-9-16(23)13-18(19)20(21(22)25)15-7-6-8-17(12-15)24(26)27;/h2*8-12,14-15,22-23,27H,5-7,13,16H2,1-4H3;8-12,14-15,22-23,27H,5-7,13,16,25H2,1-4H3;6-10,12-13,20-21,25H,3-5,11,14H2,1-2H3;1H3/t3*22-,23-,24-;20-,21-,22-;/m1111./s1. The van der Waals surface area contributed by atoms with Crippen LogP contribution in [0.25, 0.3) is 0 Å². The van der Waals surface area contributed by atoms with Crippen molar-refractivity contribution in [2.75, 3.05) is 85.7 Å². The average molecular weight is 1800 g/mol. The number of aliphatic hydroxyl groups is 4. The highest BCUT2D eigenvalue weighted by Crippen LogP contribution is 2.55. The summed E-state index contributed by atoms with van der Waals surface area (Å²) in [6.07, 6.45) is 7.06. The number of aliphatic hydroxyl groups excluding tert-OH is 4. The minimum Gasteiger partial charge on any atom is -0.399 e. The number of nitrogens with zero attached hydrogens (tertiary/aromatic N) is 6. The van der Waals surface area contributed by atoms with Gasteiger partial charge in [-0.3, -0.25) is 30.3 Å². The zero-order valence-electron chi connectivity index (χ0n) is 74.4. The Morgan fingerprint density at radius 3 is 0.816 bits per heavy atom. The van der Waals surface area contributed by atoms with Crippen molar-refractivity contribution in [3.8, 4) is 0 Å². The fraction of sp³-hybridized carbons (Fsp3) is 0.489. The molecule has 682 valence electrons. The maximum atomic E-state index is 14.2. The number of non-ortho nitro benzene ring substituents is 3. The van der Waals surface area contributed by atoms with E-state index in [1.165, 1.54) is 48.5 Å². The molecule has 26 nitrogen and oxygen atoms in total. The van der Waals surface area contributed by atoms with Crippen molar-refractivity contribution in [2.24, 2.45) is 21.7 Å². The molecule has 8 aromatic rings. The summed E-state index contributed by atoms with van der Waals surface area (Å²) in [6.45, 7) is 15.8. The molecule has 4 aliphatic rings. The maximum Gasteiger partial charge on any atom is 0.269 e. The van der Waals surface area contributed by atoms with E-state index in [1.54, 1.807) is 72.8 Å². The molecule has 0 spiro atoms. The number of fused-ring (bicyclic) bond motifs is 4. The van der Waals surface area contributed by atoms with Crippen molar-refractivity contribution in [1.29, 1.82) is 0 Å². The van der Waals surface area contributed by atoms with Crippen LogP contribution in [0.4, 0.5) is 44.2 Å². The van der Waals surface area contributed by atoms with Crippen molar-refractivity contribution in [3.63, 3.8) is 0 Å². The first kappa shape index (κ1) is 101. The van der Waals surface area contributed by atoms with E-state index in [1.807, 2.05) is 142 Å². The van der Waals surface area contributed by atoms with Gasteiger partial charge in [-0.15, -0.1) is 0 Å². The number of nitro groups is 3. The van der Waals surface area contributed by atoms with Gasteiger partial charge in [-0.25, -0.2) is 38.1 Å². The number of benzene rings is 8. The largest absolute Gasteiger partial charge is 0.399 e. The molecule has 9 N–H and O–H groups in total. The van der Waals surface area contributed by atoms with Gasteiger partial charge in [0.1, 0.15) is 5.82 Å². The molecule has 4 heterocycles. The predicted octanol–water partition coefficient (Wildman–Crippen LogP) is 18.0. The summed E-state index contributed by atoms with van der Waals surface area (Å²) in [7, 11) is -3.43. The Morgan fingerprint density at radius 1 is 0.360 bits per heavy atom. The third kappa shape index (κ3) is 21.8. The van der Waals surface area contributed by atoms with E-state index in [2.05, 4.69) is 6.92 Å². The Morgan fingerprint density at radius 2 is 0.592 bits per heavy atom. The number of anilines is 4. The summed E-state index contributed by atoms with van der Waals surface area (Å²) in [5.41, 5.74) is 9.67. The summed E-state index contributed by atoms with van der Waals surface area (Å²) < 4.78 is 122. The normalized spacial score (nSPS) is 24.7. The molecule has 4 aliphatic heterocycles. The average Bonchev–Trinajstić information content (AvgIpc) is 1.62. The predicted molar refractivity (Wildman–Crippen MR) is 492 cm³/mol. The third-order valence-electron chi connectivity index (χ3n) is 26.4. The molecule has 0 fully saturated rings. The molecule has 0 saturated carbocycles. The van der Waals surface area contributed by atoms with Crippen LogP contribution >= 0.6 is 0 Å². The molecule has 12 atom stereocenters. The van der Waals surface area contributed by atoms with Crippen LogP contribution in [-0.4, -0.2) is 159 Å². The zero-order chi connectivity index (χ0) is 91.6. The van der Waals surface area contributed by atoms with Gasteiger partial charge >= 0.3 is 0 Å². The number of unbranched alkanes of at least 4 members (excludes halogenated alkanes) is 4. The smallest absolute Gasteiger partial charge is 0.269 e. The first-order valence-electron chi connectivity index (χ1n) is 42.9. The van der Waals surface area contributed by atoms with Crippen LogP contribution in [0, 0.1) is 57.8 Å². The number of nitrogen functional groups attached to an aromatic ring is 1. The van der Waals surface area contributed by atoms with Gasteiger partial charge in [0.2, 0.25) is 0 Å². The van der Waals surface area contributed by atoms with Gasteiger partial charge in [0.05, 0.1) is 81.8 Å². The lowest BCUT2D eigenvalue weighted by molar-refractivity contribution is -0.385. The molecular weight excluding hydrogens is 1680 g/mol. The van der Waals surface area contributed by atoms with Gasteiger partial charge in [-0.05, 0) is 181 Å². The Labute approximate surface area is 737 Å². The summed E-state index contributed by atoms with van der Waals surface area (Å²) in [5.74, 6) is -3.94. The lowest BCUT2D eigenvalue weighted by Gasteiger charge is -2.39. The van der Waals surface area contributed by atoms with E-state index in [9.17, 15) is 88.8 Å². The molecule has 0 saturated heterocycles. The number of hydrogen-bond donors (Lipinski definition) is 6. The Kier molecular flexibility index (Phi) is 33.7. The minimum absolute atomic E-state index is 0. The number of sulfone groups is 4. The van der Waals surface area contributed by atoms with Gasteiger partial charge in [0.25, 0.3) is 17.1 Å². The van der Waals surface area contributed by atoms with Crippen LogP contribution in [0.2, 0.25) is 0 Å². The first-order chi connectivity index (χ1) is 58.4. The highest BCUT2D eigenvalue weighted by Gasteiger charge is 2.54. The number of hydrogen-bond acceptors (Lipinski definition) is 23. The molecule has 0 aliphatic carbocycles. The van der Waals surface area contributed by atoms with Crippen LogP contribution in [0.15, 0.2) is 189 Å². The molecule has 0 aromatic heterocycles. The fourth-order valence-corrected chi connectivity index (χ4v) is 28.0. The zero-order valence-corrected chi connectivity index (χ0v) is 77.7. The van der Waals surface area contributed by atoms with Gasteiger partial charge in [0, 0.05) is 147 Å². The second kappa shape index (κ2) is 41.6. The summed E-state index contributed by atoms with van der Waals surface area (Å²) in [6, 6.07) is 44.9. The van der Waals surface area contributed by atoms with Crippen molar-refractivity contribution < 1.29 is 73.3 Å². The Bertz CT molecular complexity index is 5450. The van der Waals surface area contributed by atoms with Crippen LogP contribution in [0.1, 0.15) is 226 Å². The molecule has 0 bridgehead atoms. The number of nitrogens with two attached hydrogens (primary N) is 1. The molecule has 0 amide bonds. The third-order valence-corrected chi connectivity index (χ3v) is 34.4. The van der Waals surface area contributed by atoms with E-state index in [0.29, 0.717) is 95.3 Å². The van der Waals surface area contributed by atoms with Crippen LogP contribution in [0.5, 0.6) is 0 Å². The van der Waals surface area contributed by atoms with Crippen LogP contribution in [-0.2, 0) is 39.3 Å². The van der Waals surface area contributed by atoms with E-state index in [0.717, 1.165) is 86.1 Å². The Hall–Kier alpha value is -9.31. The lowest BCUT2D eigenvalue weighted by atomic mass is 9.69. The lowest BCUT2D eigenvalue weighted by Crippen LogP contribution is -2.42. The SMILES string of the molecule is CCCC[C@]1(CC)CS(=O)(=O)c2ccc(F)cc2[C@@H](c2cccc([N+](=O)[O-])c2)[C@H]1O.CCCC[C@]1(CC)CS(=O)(=O)c2ccc(N(C)C)cc2[C@@H](c2cccc(N)c2)[C@H]1O.CCCC[C@]1(CC)CS(=O)(=O)c2ccc(N(C)C)cc2[C@@H](c2cccc([N+](=O)[O-])c2)[C@H]1O.CCCC[C@]1(CC)CS(=O)(=O)c2ccc(N(C)C)cc2[C@@H](c2cccc([N+](=O)[O-])c2)[C@H]1O.N. The van der Waals surface area contributed by atoms with Crippen LogP contribution in [0.3, 0.4) is 0 Å². The minimum atomic E-state index is -3.81. The van der Waals surface area contributed by atoms with Crippen molar-refractivity contribution in [1.82, 2.24) is 6.15 Å². The molecule has 0 radical (unpaired) electrons. The van der Waals surface area contributed by atoms with Gasteiger partial charge < -0.3 is 47.0 Å². The van der Waals surface area contributed by atoms with Gasteiger partial charge in [0.15, 0.2) is 39.3 Å². The molecule has 12 rings (SSSR count). The molecular formula is C94H127FN8O18S4. The highest BCUT2D eigenvalue weighted by molar-refractivity contribution is 7.92. The van der Waals surface area contributed by atoms with E-state index in [4.69, 9.17) is 5.73 Å². The van der Waals surface area contributed by atoms with Crippen molar-refractivity contribution >= 4 is 79.2 Å². The second-order valence-corrected chi connectivity index (χ2v) is 42.6. The first-order valence-corrected chi connectivity index (χ1v) is 49.5. The summed E-state index contributed by atoms with van der Waals surface area (Å²) >= 11 is 0. The number of halogens is 1. The number of rotatable bonds is 26. The quantitative estimate of drug-likeness (QED) is 0.0127. The molecule has 31 heteroatoms. The van der Waals surface area contributed by atoms with Crippen LogP contribution < -0.4 is 26.6 Å². The maximum absolute atomic E-state index is 14.2. The van der Waals surface area contributed by atoms with E-state index >= 15 is 0 Å². The van der Waals surface area contributed by atoms with Gasteiger partial charge in [-0.2, -0.15) is 0 Å².